The maximum Gasteiger partial charge on any atom is 0.260 e. The van der Waals surface area contributed by atoms with E-state index in [1.807, 2.05) is 42.5 Å². The van der Waals surface area contributed by atoms with Crippen molar-refractivity contribution in [3.63, 3.8) is 0 Å². The quantitative estimate of drug-likeness (QED) is 0.616. The Labute approximate surface area is 181 Å². The molecule has 0 aliphatic carbocycles. The monoisotopic (exact) mass is 416 g/mol. The molecule has 1 heterocycles. The lowest BCUT2D eigenvalue weighted by molar-refractivity contribution is -0.136. The minimum Gasteiger partial charge on any atom is -0.497 e. The van der Waals surface area contributed by atoms with E-state index in [2.05, 4.69) is 5.32 Å². The molecule has 0 fully saturated rings. The van der Waals surface area contributed by atoms with E-state index in [4.69, 9.17) is 4.74 Å². The maximum atomic E-state index is 13.9. The third-order valence-corrected chi connectivity index (χ3v) is 5.61. The van der Waals surface area contributed by atoms with Crippen molar-refractivity contribution in [3.8, 4) is 5.75 Å². The van der Waals surface area contributed by atoms with E-state index in [1.165, 1.54) is 6.92 Å². The van der Waals surface area contributed by atoms with Gasteiger partial charge in [-0.1, -0.05) is 48.5 Å². The number of ketones is 1. The van der Waals surface area contributed by atoms with E-state index in [0.29, 0.717) is 29.2 Å². The van der Waals surface area contributed by atoms with Crippen LogP contribution >= 0.6 is 0 Å². The molecule has 1 aliphatic rings. The van der Waals surface area contributed by atoms with Gasteiger partial charge in [0.05, 0.1) is 19.3 Å². The van der Waals surface area contributed by atoms with Gasteiger partial charge in [0.15, 0.2) is 11.3 Å². The summed E-state index contributed by atoms with van der Waals surface area (Å²) in [5.41, 5.74) is 1.13. The van der Waals surface area contributed by atoms with Gasteiger partial charge in [-0.3, -0.25) is 9.59 Å². The Balaban J connectivity index is 1.83. The summed E-state index contributed by atoms with van der Waals surface area (Å²) >= 11 is 0. The number of hydrogen-bond acceptors (Lipinski definition) is 5. The first-order valence-corrected chi connectivity index (χ1v) is 10.0. The van der Waals surface area contributed by atoms with Gasteiger partial charge in [-0.05, 0) is 42.8 Å². The Morgan fingerprint density at radius 3 is 2.32 bits per heavy atom. The molecule has 1 amide bonds. The number of hydrogen-bond donors (Lipinski definition) is 2. The minimum absolute atomic E-state index is 0.327. The number of fused-ring (bicyclic) bond motifs is 1. The van der Waals surface area contributed by atoms with Gasteiger partial charge < -0.3 is 20.1 Å². The van der Waals surface area contributed by atoms with Crippen LogP contribution in [0.1, 0.15) is 18.1 Å². The summed E-state index contributed by atoms with van der Waals surface area (Å²) in [6, 6.07) is 23.9. The second-order valence-electron chi connectivity index (χ2n) is 7.57. The Bertz CT molecular complexity index is 1100. The summed E-state index contributed by atoms with van der Waals surface area (Å²) in [6.07, 6.45) is -1.57. The average Bonchev–Trinajstić information content (AvgIpc) is 3.03. The third kappa shape index (κ3) is 3.55. The molecule has 2 N–H and O–H groups in total. The normalized spacial score (nSPS) is 18.4. The fourth-order valence-corrected chi connectivity index (χ4v) is 4.06. The van der Waals surface area contributed by atoms with Crippen molar-refractivity contribution in [2.24, 2.45) is 0 Å². The number of carbonyl (C=O) groups is 2. The molecule has 0 spiro atoms. The maximum absolute atomic E-state index is 13.9. The summed E-state index contributed by atoms with van der Waals surface area (Å²) in [6.45, 7) is 1.62. The van der Waals surface area contributed by atoms with Crippen LogP contribution in [0.3, 0.4) is 0 Å². The second-order valence-corrected chi connectivity index (χ2v) is 7.57. The number of nitrogens with zero attached hydrogens (tertiary/aromatic N) is 1. The van der Waals surface area contributed by atoms with Gasteiger partial charge in [-0.2, -0.15) is 0 Å². The van der Waals surface area contributed by atoms with E-state index < -0.39 is 17.4 Å². The molecular weight excluding hydrogens is 392 g/mol. The van der Waals surface area contributed by atoms with Crippen LogP contribution in [-0.4, -0.2) is 30.0 Å². The van der Waals surface area contributed by atoms with Gasteiger partial charge in [0, 0.05) is 11.3 Å². The van der Waals surface area contributed by atoms with Crippen molar-refractivity contribution in [1.29, 1.82) is 0 Å². The number of carbonyl (C=O) groups excluding carboxylic acids is 2. The number of rotatable bonds is 7. The molecule has 4 rings (SSSR count). The number of aliphatic hydroxyl groups excluding tert-OH is 1. The van der Waals surface area contributed by atoms with Gasteiger partial charge in [-0.15, -0.1) is 0 Å². The highest BCUT2D eigenvalue weighted by molar-refractivity contribution is 6.12. The van der Waals surface area contributed by atoms with Crippen LogP contribution in [-0.2, 0) is 21.7 Å². The first kappa shape index (κ1) is 20.6. The van der Waals surface area contributed by atoms with Gasteiger partial charge >= 0.3 is 0 Å². The van der Waals surface area contributed by atoms with Crippen molar-refractivity contribution in [2.75, 3.05) is 17.3 Å². The second kappa shape index (κ2) is 8.24. The highest BCUT2D eigenvalue weighted by atomic mass is 16.5. The summed E-state index contributed by atoms with van der Waals surface area (Å²) in [5.74, 6) is -0.211. The molecule has 0 unspecified atom stereocenters. The van der Waals surface area contributed by atoms with Gasteiger partial charge in [0.2, 0.25) is 0 Å². The number of Topliss-reactive ketones (excluding diaryl/α,β-unsaturated/α-hetero) is 1. The average molecular weight is 416 g/mol. The molecular formula is C25H24N2O4. The predicted molar refractivity (Wildman–Crippen MR) is 119 cm³/mol. The minimum atomic E-state index is -1.63. The summed E-state index contributed by atoms with van der Waals surface area (Å²) in [4.78, 5) is 27.9. The van der Waals surface area contributed by atoms with E-state index in [9.17, 15) is 14.7 Å². The van der Waals surface area contributed by atoms with E-state index >= 15 is 0 Å². The molecule has 0 saturated carbocycles. The summed E-state index contributed by atoms with van der Waals surface area (Å²) < 4.78 is 5.20. The lowest BCUT2D eigenvalue weighted by Gasteiger charge is -2.34. The number of ether oxygens (including phenoxy) is 1. The van der Waals surface area contributed by atoms with E-state index in [-0.39, 0.29) is 5.91 Å². The number of aliphatic hydroxyl groups is 1. The van der Waals surface area contributed by atoms with Gasteiger partial charge in [0.25, 0.3) is 5.91 Å². The molecule has 0 radical (unpaired) electrons. The van der Waals surface area contributed by atoms with Crippen LogP contribution in [0, 0.1) is 0 Å². The van der Waals surface area contributed by atoms with E-state index in [1.54, 1.807) is 48.4 Å². The van der Waals surface area contributed by atoms with Crippen LogP contribution < -0.4 is 15.0 Å². The molecule has 6 nitrogen and oxygen atoms in total. The van der Waals surface area contributed by atoms with Crippen LogP contribution in [0.2, 0.25) is 0 Å². The molecule has 31 heavy (non-hydrogen) atoms. The third-order valence-electron chi connectivity index (χ3n) is 5.61. The fraction of sp³-hybridized carbons (Fsp3) is 0.200. The largest absolute Gasteiger partial charge is 0.497 e. The molecule has 158 valence electrons. The Hall–Kier alpha value is -3.64. The zero-order valence-corrected chi connectivity index (χ0v) is 17.4. The molecule has 0 bridgehead atoms. The first-order chi connectivity index (χ1) is 15.0. The number of methoxy groups -OCH3 is 1. The number of benzene rings is 3. The number of amides is 1. The van der Waals surface area contributed by atoms with Crippen molar-refractivity contribution < 1.29 is 19.4 Å². The number of para-hydroxylation sites is 1. The summed E-state index contributed by atoms with van der Waals surface area (Å²) in [7, 11) is 1.57. The Morgan fingerprint density at radius 1 is 1.03 bits per heavy atom. The summed E-state index contributed by atoms with van der Waals surface area (Å²) in [5, 5.41) is 14.2. The molecule has 2 atom stereocenters. The zero-order chi connectivity index (χ0) is 22.0. The highest BCUT2D eigenvalue weighted by Gasteiger charge is 2.57. The van der Waals surface area contributed by atoms with Crippen LogP contribution in [0.15, 0.2) is 78.9 Å². The molecule has 1 aliphatic heterocycles. The van der Waals surface area contributed by atoms with Gasteiger partial charge in [-0.25, -0.2) is 0 Å². The predicted octanol–water partition coefficient (Wildman–Crippen LogP) is 3.50. The zero-order valence-electron chi connectivity index (χ0n) is 17.4. The highest BCUT2D eigenvalue weighted by Crippen LogP contribution is 2.45. The standard InChI is InChI=1S/C25H24N2O4/c1-17(28)23(29)25(26-19-12-14-20(31-2)15-13-19)21-10-6-7-11-22(21)27(24(25)30)16-18-8-4-3-5-9-18/h3-15,23,26,29H,16H2,1-2H3/t23-,25+/m0/s1. The molecule has 3 aromatic carbocycles. The molecule has 3 aromatic rings. The van der Waals surface area contributed by atoms with Crippen molar-refractivity contribution in [3.05, 3.63) is 90.0 Å². The Kier molecular flexibility index (Phi) is 5.48. The molecule has 6 heteroatoms. The SMILES string of the molecule is COc1ccc(N[C@]2([C@@H](O)C(C)=O)C(=O)N(Cc3ccccc3)c3ccccc32)cc1. The van der Waals surface area contributed by atoms with E-state index in [0.717, 1.165) is 5.56 Å². The van der Waals surface area contributed by atoms with Crippen LogP contribution in [0.5, 0.6) is 5.75 Å². The smallest absolute Gasteiger partial charge is 0.260 e. The van der Waals surface area contributed by atoms with Crippen LogP contribution in [0.4, 0.5) is 11.4 Å². The molecule has 0 saturated heterocycles. The number of nitrogens with one attached hydrogen (secondary N) is 1. The van der Waals surface area contributed by atoms with Crippen molar-refractivity contribution in [2.45, 2.75) is 25.1 Å². The topological polar surface area (TPSA) is 78.9 Å². The van der Waals surface area contributed by atoms with Crippen molar-refractivity contribution in [1.82, 2.24) is 0 Å². The van der Waals surface area contributed by atoms with Gasteiger partial charge in [0.1, 0.15) is 11.9 Å². The number of anilines is 2. The first-order valence-electron chi connectivity index (χ1n) is 10.0. The van der Waals surface area contributed by atoms with Crippen LogP contribution in [0.25, 0.3) is 0 Å². The molecule has 0 aromatic heterocycles. The lowest BCUT2D eigenvalue weighted by atomic mass is 9.83. The Morgan fingerprint density at radius 2 is 1.68 bits per heavy atom. The fourth-order valence-electron chi connectivity index (χ4n) is 4.06. The van der Waals surface area contributed by atoms with Crippen molar-refractivity contribution >= 4 is 23.1 Å². The lowest BCUT2D eigenvalue weighted by Crippen LogP contribution is -2.56.